The highest BCUT2D eigenvalue weighted by Crippen LogP contribution is 2.20. The maximum absolute atomic E-state index is 11.3. The average molecular weight is 199 g/mol. The smallest absolute Gasteiger partial charge is 0.186 e. The fourth-order valence-electron chi connectivity index (χ4n) is 0.904. The van der Waals surface area contributed by atoms with E-state index in [1.54, 1.807) is 4.68 Å². The van der Waals surface area contributed by atoms with Crippen molar-refractivity contribution in [2.24, 2.45) is 7.05 Å². The second kappa shape index (κ2) is 4.41. The van der Waals surface area contributed by atoms with E-state index in [2.05, 4.69) is 10.1 Å². The minimum absolute atomic E-state index is 0.0344. The molecule has 1 rings (SSSR count). The van der Waals surface area contributed by atoms with Crippen LogP contribution >= 0.6 is 11.8 Å². The van der Waals surface area contributed by atoms with Crippen molar-refractivity contribution in [2.45, 2.75) is 30.7 Å². The largest absolute Gasteiger partial charge is 0.298 e. The first kappa shape index (κ1) is 10.2. The van der Waals surface area contributed by atoms with Crippen LogP contribution in [-0.2, 0) is 11.8 Å². The third kappa shape index (κ3) is 2.55. The number of carbonyl (C=O) groups excluding carboxylic acids is 1. The minimum atomic E-state index is -0.0344. The van der Waals surface area contributed by atoms with E-state index in [-0.39, 0.29) is 11.0 Å². The zero-order valence-corrected chi connectivity index (χ0v) is 8.84. The second-order valence-corrected chi connectivity index (χ2v) is 4.05. The summed E-state index contributed by atoms with van der Waals surface area (Å²) >= 11 is 1.45. The summed E-state index contributed by atoms with van der Waals surface area (Å²) in [6.07, 6.45) is 2.07. The Kier molecular flexibility index (Phi) is 3.48. The van der Waals surface area contributed by atoms with Crippen molar-refractivity contribution >= 4 is 17.5 Å². The van der Waals surface area contributed by atoms with Gasteiger partial charge in [0.05, 0.1) is 5.25 Å². The number of aryl methyl sites for hydroxylation is 1. The van der Waals surface area contributed by atoms with Gasteiger partial charge < -0.3 is 0 Å². The molecule has 13 heavy (non-hydrogen) atoms. The summed E-state index contributed by atoms with van der Waals surface area (Å²) in [4.78, 5) is 15.3. The fourth-order valence-corrected chi connectivity index (χ4v) is 1.83. The highest BCUT2D eigenvalue weighted by atomic mass is 32.2. The van der Waals surface area contributed by atoms with Gasteiger partial charge in [-0.25, -0.2) is 9.67 Å². The van der Waals surface area contributed by atoms with Crippen molar-refractivity contribution in [3.63, 3.8) is 0 Å². The predicted molar refractivity (Wildman–Crippen MR) is 51.6 cm³/mol. The number of hydrogen-bond donors (Lipinski definition) is 0. The summed E-state index contributed by atoms with van der Waals surface area (Å²) in [5.74, 6) is 0.244. The van der Waals surface area contributed by atoms with Gasteiger partial charge in [-0.2, -0.15) is 5.10 Å². The quantitative estimate of drug-likeness (QED) is 0.685. The molecule has 0 saturated heterocycles. The molecule has 0 fully saturated rings. The maximum Gasteiger partial charge on any atom is 0.186 e. The van der Waals surface area contributed by atoms with E-state index in [1.807, 2.05) is 20.9 Å². The summed E-state index contributed by atoms with van der Waals surface area (Å²) < 4.78 is 1.67. The molecular weight excluding hydrogens is 186 g/mol. The molecule has 0 aromatic carbocycles. The van der Waals surface area contributed by atoms with Gasteiger partial charge in [0, 0.05) is 13.5 Å². The lowest BCUT2D eigenvalue weighted by molar-refractivity contribution is -0.118. The first-order chi connectivity index (χ1) is 6.15. The van der Waals surface area contributed by atoms with E-state index in [9.17, 15) is 4.79 Å². The first-order valence-corrected chi connectivity index (χ1v) is 5.06. The predicted octanol–water partition coefficient (Wildman–Crippen LogP) is 1.27. The fraction of sp³-hybridized carbons (Fsp3) is 0.625. The Hall–Kier alpha value is -0.840. The van der Waals surface area contributed by atoms with E-state index < -0.39 is 0 Å². The molecule has 72 valence electrons. The van der Waals surface area contributed by atoms with Crippen molar-refractivity contribution in [1.82, 2.24) is 14.8 Å². The van der Waals surface area contributed by atoms with Gasteiger partial charge in [0.15, 0.2) is 5.16 Å². The second-order valence-electron chi connectivity index (χ2n) is 2.75. The first-order valence-electron chi connectivity index (χ1n) is 4.18. The topological polar surface area (TPSA) is 47.8 Å². The lowest BCUT2D eigenvalue weighted by atomic mass is 10.2. The van der Waals surface area contributed by atoms with Crippen LogP contribution in [0.2, 0.25) is 0 Å². The molecule has 0 aliphatic rings. The molecular formula is C8H13N3OS. The Labute approximate surface area is 81.7 Å². The Balaban J connectivity index is 2.59. The van der Waals surface area contributed by atoms with Crippen LogP contribution in [0.3, 0.4) is 0 Å². The molecule has 1 aromatic rings. The van der Waals surface area contributed by atoms with Gasteiger partial charge in [0.25, 0.3) is 0 Å². The number of carbonyl (C=O) groups is 1. The van der Waals surface area contributed by atoms with Gasteiger partial charge in [-0.05, 0) is 6.92 Å². The SMILES string of the molecule is CCC(=O)C(C)Sc1ncnn1C. The molecule has 0 aliphatic heterocycles. The van der Waals surface area contributed by atoms with Crippen LogP contribution < -0.4 is 0 Å². The zero-order chi connectivity index (χ0) is 9.84. The monoisotopic (exact) mass is 199 g/mol. The van der Waals surface area contributed by atoms with Crippen LogP contribution in [0.25, 0.3) is 0 Å². The van der Waals surface area contributed by atoms with Crippen LogP contribution in [-0.4, -0.2) is 25.8 Å². The molecule has 0 spiro atoms. The zero-order valence-electron chi connectivity index (χ0n) is 8.02. The van der Waals surface area contributed by atoms with Crippen LogP contribution in [0.4, 0.5) is 0 Å². The van der Waals surface area contributed by atoms with E-state index >= 15 is 0 Å². The summed E-state index contributed by atoms with van der Waals surface area (Å²) in [5, 5.41) is 4.68. The summed E-state index contributed by atoms with van der Waals surface area (Å²) in [6, 6.07) is 0. The normalized spacial score (nSPS) is 12.8. The van der Waals surface area contributed by atoms with E-state index in [0.29, 0.717) is 6.42 Å². The van der Waals surface area contributed by atoms with E-state index in [1.165, 1.54) is 18.1 Å². The Morgan fingerprint density at radius 1 is 1.77 bits per heavy atom. The van der Waals surface area contributed by atoms with E-state index in [0.717, 1.165) is 5.16 Å². The molecule has 1 unspecified atom stereocenters. The highest BCUT2D eigenvalue weighted by molar-refractivity contribution is 8.00. The van der Waals surface area contributed by atoms with Crippen molar-refractivity contribution in [3.05, 3.63) is 6.33 Å². The van der Waals surface area contributed by atoms with Crippen LogP contribution in [0, 0.1) is 0 Å². The number of thioether (sulfide) groups is 1. The number of rotatable bonds is 4. The number of Topliss-reactive ketones (excluding diaryl/α,β-unsaturated/α-hetero) is 1. The minimum Gasteiger partial charge on any atom is -0.298 e. The number of ketones is 1. The Morgan fingerprint density at radius 2 is 2.46 bits per heavy atom. The number of aromatic nitrogens is 3. The Morgan fingerprint density at radius 3 is 2.92 bits per heavy atom. The third-order valence-electron chi connectivity index (χ3n) is 1.75. The molecule has 5 heteroatoms. The number of nitrogens with zero attached hydrogens (tertiary/aromatic N) is 3. The van der Waals surface area contributed by atoms with Crippen LogP contribution in [0.1, 0.15) is 20.3 Å². The van der Waals surface area contributed by atoms with Gasteiger partial charge in [0.1, 0.15) is 12.1 Å². The van der Waals surface area contributed by atoms with Crippen molar-refractivity contribution in [2.75, 3.05) is 0 Å². The van der Waals surface area contributed by atoms with Gasteiger partial charge >= 0.3 is 0 Å². The maximum atomic E-state index is 11.3. The lowest BCUT2D eigenvalue weighted by Crippen LogP contribution is -2.12. The third-order valence-corrected chi connectivity index (χ3v) is 2.95. The van der Waals surface area contributed by atoms with Gasteiger partial charge in [-0.3, -0.25) is 4.79 Å². The molecule has 0 radical (unpaired) electrons. The highest BCUT2D eigenvalue weighted by Gasteiger charge is 2.14. The van der Waals surface area contributed by atoms with Gasteiger partial charge in [-0.15, -0.1) is 0 Å². The van der Waals surface area contributed by atoms with Gasteiger partial charge in [-0.1, -0.05) is 18.7 Å². The number of hydrogen-bond acceptors (Lipinski definition) is 4. The van der Waals surface area contributed by atoms with Gasteiger partial charge in [0.2, 0.25) is 0 Å². The van der Waals surface area contributed by atoms with Crippen molar-refractivity contribution in [3.8, 4) is 0 Å². The lowest BCUT2D eigenvalue weighted by Gasteiger charge is -2.06. The molecule has 0 aliphatic carbocycles. The molecule has 0 saturated carbocycles. The molecule has 0 bridgehead atoms. The van der Waals surface area contributed by atoms with Crippen LogP contribution in [0.15, 0.2) is 11.5 Å². The standard InChI is InChI=1S/C8H13N3OS/c1-4-7(12)6(2)13-8-9-5-10-11(8)3/h5-6H,4H2,1-3H3. The summed E-state index contributed by atoms with van der Waals surface area (Å²) in [5.41, 5.74) is 0. The van der Waals surface area contributed by atoms with E-state index in [4.69, 9.17) is 0 Å². The van der Waals surface area contributed by atoms with Crippen molar-refractivity contribution < 1.29 is 4.79 Å². The molecule has 0 amide bonds. The average Bonchev–Trinajstić information content (AvgIpc) is 2.50. The Bertz CT molecular complexity index is 297. The summed E-state index contributed by atoms with van der Waals surface area (Å²) in [7, 11) is 1.82. The molecule has 0 N–H and O–H groups in total. The molecule has 1 atom stereocenters. The summed E-state index contributed by atoms with van der Waals surface area (Å²) in [6.45, 7) is 3.77. The molecule has 4 nitrogen and oxygen atoms in total. The van der Waals surface area contributed by atoms with Crippen molar-refractivity contribution in [1.29, 1.82) is 0 Å². The van der Waals surface area contributed by atoms with Crippen LogP contribution in [0.5, 0.6) is 0 Å². The molecule has 1 heterocycles. The molecule has 1 aromatic heterocycles.